The predicted molar refractivity (Wildman–Crippen MR) is 73.6 cm³/mol. The van der Waals surface area contributed by atoms with Crippen LogP contribution in [0.4, 0.5) is 4.39 Å². The zero-order valence-electron chi connectivity index (χ0n) is 11.6. The van der Waals surface area contributed by atoms with Crippen LogP contribution >= 0.6 is 0 Å². The molecule has 108 valence electrons. The number of hydrogen-bond acceptors (Lipinski definition) is 4. The Morgan fingerprint density at radius 1 is 1.50 bits per heavy atom. The number of rotatable bonds is 6. The Kier molecular flexibility index (Phi) is 4.68. The van der Waals surface area contributed by atoms with Crippen LogP contribution in [0.1, 0.15) is 19.2 Å². The van der Waals surface area contributed by atoms with Crippen LogP contribution in [-0.2, 0) is 16.1 Å². The number of H-pyrrole nitrogens is 1. The first kappa shape index (κ1) is 14.5. The fraction of sp³-hybridized carbons (Fsp3) is 0.429. The van der Waals surface area contributed by atoms with Gasteiger partial charge in [0, 0.05) is 6.54 Å². The molecule has 20 heavy (non-hydrogen) atoms. The van der Waals surface area contributed by atoms with Crippen molar-refractivity contribution in [3.63, 3.8) is 0 Å². The van der Waals surface area contributed by atoms with Gasteiger partial charge in [0.1, 0.15) is 11.6 Å². The fourth-order valence-electron chi connectivity index (χ4n) is 1.96. The second-order valence-corrected chi connectivity index (χ2v) is 4.64. The smallest absolute Gasteiger partial charge is 0.307 e. The number of fused-ring (bicyclic) bond motifs is 1. The van der Waals surface area contributed by atoms with Gasteiger partial charge in [-0.1, -0.05) is 0 Å². The summed E-state index contributed by atoms with van der Waals surface area (Å²) in [5, 5.41) is 0. The maximum Gasteiger partial charge on any atom is 0.307 e. The third-order valence-electron chi connectivity index (χ3n) is 2.92. The number of carbonyl (C=O) groups is 1. The first-order valence-corrected chi connectivity index (χ1v) is 6.57. The van der Waals surface area contributed by atoms with E-state index < -0.39 is 0 Å². The van der Waals surface area contributed by atoms with Crippen molar-refractivity contribution in [3.8, 4) is 0 Å². The van der Waals surface area contributed by atoms with Crippen molar-refractivity contribution < 1.29 is 13.9 Å². The molecule has 0 radical (unpaired) electrons. The molecule has 6 heteroatoms. The number of aromatic amines is 1. The molecule has 0 aliphatic heterocycles. The summed E-state index contributed by atoms with van der Waals surface area (Å²) < 4.78 is 18.0. The molecular formula is C14H18FN3O2. The minimum atomic E-state index is -0.289. The van der Waals surface area contributed by atoms with Crippen molar-refractivity contribution in [2.24, 2.45) is 0 Å². The Morgan fingerprint density at radius 3 is 3.05 bits per heavy atom. The summed E-state index contributed by atoms with van der Waals surface area (Å²) in [7, 11) is 1.90. The van der Waals surface area contributed by atoms with Gasteiger partial charge in [-0.2, -0.15) is 0 Å². The second-order valence-electron chi connectivity index (χ2n) is 4.64. The number of ether oxygens (including phenoxy) is 1. The van der Waals surface area contributed by atoms with E-state index in [0.29, 0.717) is 31.6 Å². The highest BCUT2D eigenvalue weighted by Gasteiger charge is 2.09. The molecule has 5 nitrogen and oxygen atoms in total. The number of halogens is 1. The Balaban J connectivity index is 1.92. The van der Waals surface area contributed by atoms with Crippen molar-refractivity contribution in [2.75, 3.05) is 20.2 Å². The molecule has 0 atom stereocenters. The van der Waals surface area contributed by atoms with Gasteiger partial charge in [-0.25, -0.2) is 9.37 Å². The molecular weight excluding hydrogens is 261 g/mol. The van der Waals surface area contributed by atoms with Crippen molar-refractivity contribution in [1.29, 1.82) is 0 Å². The first-order chi connectivity index (χ1) is 9.58. The molecule has 0 fully saturated rings. The Hall–Kier alpha value is -1.95. The summed E-state index contributed by atoms with van der Waals surface area (Å²) in [4.78, 5) is 20.7. The number of esters is 1. The lowest BCUT2D eigenvalue weighted by Gasteiger charge is -2.14. The summed E-state index contributed by atoms with van der Waals surface area (Å²) in [6.45, 7) is 3.34. The zero-order chi connectivity index (χ0) is 14.5. The summed E-state index contributed by atoms with van der Waals surface area (Å²) in [5.41, 5.74) is 1.42. The molecule has 2 rings (SSSR count). The molecule has 1 aromatic heterocycles. The minimum absolute atomic E-state index is 0.203. The third kappa shape index (κ3) is 3.77. The van der Waals surface area contributed by atoms with E-state index in [9.17, 15) is 9.18 Å². The van der Waals surface area contributed by atoms with Crippen LogP contribution in [0.2, 0.25) is 0 Å². The lowest BCUT2D eigenvalue weighted by atomic mass is 10.3. The highest BCUT2D eigenvalue weighted by molar-refractivity contribution is 5.74. The van der Waals surface area contributed by atoms with Gasteiger partial charge in [-0.05, 0) is 32.2 Å². The molecule has 0 bridgehead atoms. The zero-order valence-corrected chi connectivity index (χ0v) is 11.6. The van der Waals surface area contributed by atoms with Crippen LogP contribution in [0.5, 0.6) is 0 Å². The van der Waals surface area contributed by atoms with Gasteiger partial charge >= 0.3 is 5.97 Å². The number of benzene rings is 1. The van der Waals surface area contributed by atoms with Gasteiger partial charge in [0.05, 0.1) is 30.6 Å². The maximum atomic E-state index is 13.1. The molecule has 0 aliphatic carbocycles. The molecule has 1 N–H and O–H groups in total. The summed E-state index contributed by atoms with van der Waals surface area (Å²) in [6.07, 6.45) is 0.346. The summed E-state index contributed by atoms with van der Waals surface area (Å²) in [5.74, 6) is 0.256. The molecule has 0 unspecified atom stereocenters. The van der Waals surface area contributed by atoms with E-state index in [4.69, 9.17) is 4.74 Å². The predicted octanol–water partition coefficient (Wildman–Crippen LogP) is 2.09. The highest BCUT2D eigenvalue weighted by atomic mass is 19.1. The number of hydrogen-bond donors (Lipinski definition) is 1. The Morgan fingerprint density at radius 2 is 2.30 bits per heavy atom. The number of nitrogens with zero attached hydrogens (tertiary/aromatic N) is 2. The minimum Gasteiger partial charge on any atom is -0.466 e. The van der Waals surface area contributed by atoms with Gasteiger partial charge < -0.3 is 9.72 Å². The van der Waals surface area contributed by atoms with Crippen LogP contribution in [-0.4, -0.2) is 41.0 Å². The monoisotopic (exact) mass is 279 g/mol. The lowest BCUT2D eigenvalue weighted by molar-refractivity contribution is -0.143. The molecule has 0 amide bonds. The lowest BCUT2D eigenvalue weighted by Crippen LogP contribution is -2.22. The van der Waals surface area contributed by atoms with Crippen LogP contribution < -0.4 is 0 Å². The largest absolute Gasteiger partial charge is 0.466 e. The molecule has 1 heterocycles. The molecule has 1 aromatic carbocycles. The van der Waals surface area contributed by atoms with Gasteiger partial charge in [0.2, 0.25) is 0 Å². The van der Waals surface area contributed by atoms with Gasteiger partial charge in [-0.15, -0.1) is 0 Å². The van der Waals surface area contributed by atoms with Crippen LogP contribution in [0, 0.1) is 5.82 Å². The van der Waals surface area contributed by atoms with Crippen molar-refractivity contribution in [1.82, 2.24) is 14.9 Å². The van der Waals surface area contributed by atoms with Crippen LogP contribution in [0.15, 0.2) is 18.2 Å². The third-order valence-corrected chi connectivity index (χ3v) is 2.92. The van der Waals surface area contributed by atoms with E-state index in [2.05, 4.69) is 9.97 Å². The second kappa shape index (κ2) is 6.47. The number of imidazole rings is 1. The standard InChI is InChI=1S/C14H18FN3O2/c1-3-20-14(19)6-7-18(2)9-13-16-11-5-4-10(15)8-12(11)17-13/h4-5,8H,3,6-7,9H2,1-2H3,(H,16,17). The van der Waals surface area contributed by atoms with Crippen LogP contribution in [0.3, 0.4) is 0 Å². The van der Waals surface area contributed by atoms with E-state index in [1.165, 1.54) is 12.1 Å². The Labute approximate surface area is 116 Å². The number of carbonyl (C=O) groups excluding carboxylic acids is 1. The van der Waals surface area contributed by atoms with E-state index in [1.807, 2.05) is 11.9 Å². The quantitative estimate of drug-likeness (QED) is 0.823. The molecule has 0 saturated heterocycles. The SMILES string of the molecule is CCOC(=O)CCN(C)Cc1nc2ccc(F)cc2[nH]1. The highest BCUT2D eigenvalue weighted by Crippen LogP contribution is 2.13. The van der Waals surface area contributed by atoms with Crippen LogP contribution in [0.25, 0.3) is 11.0 Å². The van der Waals surface area contributed by atoms with Gasteiger partial charge in [-0.3, -0.25) is 9.69 Å². The summed E-state index contributed by atoms with van der Waals surface area (Å²) in [6, 6.07) is 4.45. The average molecular weight is 279 g/mol. The average Bonchev–Trinajstić information content (AvgIpc) is 2.78. The number of aromatic nitrogens is 2. The number of nitrogens with one attached hydrogen (secondary N) is 1. The maximum absolute atomic E-state index is 13.1. The van der Waals surface area contributed by atoms with Gasteiger partial charge in [0.25, 0.3) is 0 Å². The van der Waals surface area contributed by atoms with E-state index >= 15 is 0 Å². The first-order valence-electron chi connectivity index (χ1n) is 6.57. The van der Waals surface area contributed by atoms with Gasteiger partial charge in [0.15, 0.2) is 0 Å². The molecule has 0 saturated carbocycles. The van der Waals surface area contributed by atoms with Crippen molar-refractivity contribution in [3.05, 3.63) is 29.8 Å². The van der Waals surface area contributed by atoms with E-state index in [-0.39, 0.29) is 11.8 Å². The summed E-state index contributed by atoms with van der Waals surface area (Å²) >= 11 is 0. The molecule has 0 spiro atoms. The topological polar surface area (TPSA) is 58.2 Å². The fourth-order valence-corrected chi connectivity index (χ4v) is 1.96. The van der Waals surface area contributed by atoms with Crippen molar-refractivity contribution >= 4 is 17.0 Å². The Bertz CT molecular complexity index is 597. The molecule has 2 aromatic rings. The van der Waals surface area contributed by atoms with E-state index in [1.54, 1.807) is 13.0 Å². The normalized spacial score (nSPS) is 11.2. The van der Waals surface area contributed by atoms with Crippen molar-refractivity contribution in [2.45, 2.75) is 19.9 Å². The van der Waals surface area contributed by atoms with E-state index in [0.717, 1.165) is 11.3 Å². The molecule has 0 aliphatic rings.